The monoisotopic (exact) mass is 320 g/mol. The van der Waals surface area contributed by atoms with Crippen molar-refractivity contribution in [3.05, 3.63) is 42.1 Å². The molecule has 0 fully saturated rings. The average molecular weight is 320 g/mol. The molecule has 1 heterocycles. The van der Waals surface area contributed by atoms with Gasteiger partial charge in [-0.05, 0) is 24.6 Å². The van der Waals surface area contributed by atoms with Gasteiger partial charge < -0.3 is 14.4 Å². The van der Waals surface area contributed by atoms with Crippen LogP contribution in [0, 0.1) is 5.82 Å². The van der Waals surface area contributed by atoms with Crippen molar-refractivity contribution < 1.29 is 23.6 Å². The third-order valence-corrected chi connectivity index (χ3v) is 3.08. The van der Waals surface area contributed by atoms with Crippen LogP contribution in [0.5, 0.6) is 5.75 Å². The highest BCUT2D eigenvalue weighted by atomic mass is 19.1. The topological polar surface area (TPSA) is 85.5 Å². The first-order valence-corrected chi connectivity index (χ1v) is 7.17. The first-order valence-electron chi connectivity index (χ1n) is 7.17. The van der Waals surface area contributed by atoms with Gasteiger partial charge in [-0.15, -0.1) is 0 Å². The van der Waals surface area contributed by atoms with Crippen molar-refractivity contribution in [1.29, 1.82) is 0 Å². The summed E-state index contributed by atoms with van der Waals surface area (Å²) >= 11 is 0. The maximum absolute atomic E-state index is 14.0. The summed E-state index contributed by atoms with van der Waals surface area (Å²) in [6.45, 7) is 5.87. The van der Waals surface area contributed by atoms with Gasteiger partial charge in [0, 0.05) is 11.1 Å². The lowest BCUT2D eigenvalue weighted by Gasteiger charge is -2.06. The van der Waals surface area contributed by atoms with Gasteiger partial charge in [0.2, 0.25) is 11.7 Å². The van der Waals surface area contributed by atoms with Gasteiger partial charge >= 0.3 is 5.97 Å². The fraction of sp³-hybridized carbons (Fsp3) is 0.312. The van der Waals surface area contributed by atoms with E-state index in [1.54, 1.807) is 6.07 Å². The number of carbonyl (C=O) groups is 1. The zero-order chi connectivity index (χ0) is 16.8. The van der Waals surface area contributed by atoms with Crippen molar-refractivity contribution in [2.45, 2.75) is 26.2 Å². The summed E-state index contributed by atoms with van der Waals surface area (Å²) < 4.78 is 24.3. The zero-order valence-electron chi connectivity index (χ0n) is 12.7. The highest BCUT2D eigenvalue weighted by Crippen LogP contribution is 2.24. The molecule has 2 aromatic rings. The summed E-state index contributed by atoms with van der Waals surface area (Å²) in [5, 5.41) is 12.5. The molecule has 0 unspecified atom stereocenters. The molecule has 0 saturated carbocycles. The number of halogens is 1. The summed E-state index contributed by atoms with van der Waals surface area (Å²) in [7, 11) is 0. The van der Waals surface area contributed by atoms with Crippen LogP contribution in [0.4, 0.5) is 4.39 Å². The van der Waals surface area contributed by atoms with Gasteiger partial charge in [0.15, 0.2) is 11.6 Å². The van der Waals surface area contributed by atoms with Crippen LogP contribution in [0.1, 0.15) is 25.7 Å². The molecule has 0 amide bonds. The van der Waals surface area contributed by atoms with Crippen molar-refractivity contribution in [1.82, 2.24) is 10.1 Å². The number of unbranched alkanes of at least 4 members (excludes halogenated alkanes) is 1. The van der Waals surface area contributed by atoms with Crippen LogP contribution in [-0.4, -0.2) is 27.8 Å². The van der Waals surface area contributed by atoms with Crippen molar-refractivity contribution >= 4 is 5.97 Å². The molecule has 1 aromatic carbocycles. The molecule has 23 heavy (non-hydrogen) atoms. The molecular formula is C16H17FN2O4. The molecule has 0 atom stereocenters. The quantitative estimate of drug-likeness (QED) is 0.593. The second kappa shape index (κ2) is 7.53. The number of benzene rings is 1. The van der Waals surface area contributed by atoms with Crippen molar-refractivity contribution in [3.8, 4) is 17.1 Å². The Morgan fingerprint density at radius 2 is 2.26 bits per heavy atom. The molecule has 0 bridgehead atoms. The minimum absolute atomic E-state index is 0.0638. The lowest BCUT2D eigenvalue weighted by molar-refractivity contribution is -0.132. The molecule has 0 spiro atoms. The largest absolute Gasteiger partial charge is 0.491 e. The Hall–Kier alpha value is -2.70. The van der Waals surface area contributed by atoms with Crippen LogP contribution >= 0.6 is 0 Å². The molecule has 0 aliphatic rings. The number of carboxylic acids is 1. The lowest BCUT2D eigenvalue weighted by atomic mass is 10.2. The predicted molar refractivity (Wildman–Crippen MR) is 80.6 cm³/mol. The number of aliphatic carboxylic acids is 1. The highest BCUT2D eigenvalue weighted by Gasteiger charge is 2.14. The molecule has 7 heteroatoms. The highest BCUT2D eigenvalue weighted by molar-refractivity contribution is 5.86. The van der Waals surface area contributed by atoms with Crippen molar-refractivity contribution in [2.75, 3.05) is 6.61 Å². The second-order valence-electron chi connectivity index (χ2n) is 4.94. The molecule has 122 valence electrons. The van der Waals surface area contributed by atoms with Crippen molar-refractivity contribution in [3.63, 3.8) is 0 Å². The van der Waals surface area contributed by atoms with E-state index in [1.165, 1.54) is 12.1 Å². The Morgan fingerprint density at radius 3 is 2.91 bits per heavy atom. The molecule has 2 rings (SSSR count). The molecule has 6 nitrogen and oxygen atoms in total. The van der Waals surface area contributed by atoms with Crippen LogP contribution in [0.3, 0.4) is 0 Å². The van der Waals surface area contributed by atoms with E-state index in [-0.39, 0.29) is 29.5 Å². The third kappa shape index (κ3) is 4.38. The van der Waals surface area contributed by atoms with E-state index in [4.69, 9.17) is 14.4 Å². The van der Waals surface area contributed by atoms with Gasteiger partial charge in [-0.25, -0.2) is 9.18 Å². The number of hydrogen-bond acceptors (Lipinski definition) is 5. The SMILES string of the molecule is C=C(Cc1nc(-c2ccc(OCCCC)c(F)c2)no1)C(=O)O. The van der Waals surface area contributed by atoms with Crippen LogP contribution in [0.15, 0.2) is 34.9 Å². The molecule has 1 N–H and O–H groups in total. The molecule has 0 radical (unpaired) electrons. The summed E-state index contributed by atoms with van der Waals surface area (Å²) in [5.74, 6) is -1.19. The summed E-state index contributed by atoms with van der Waals surface area (Å²) in [6.07, 6.45) is 1.75. The Labute approximate surface area is 132 Å². The summed E-state index contributed by atoms with van der Waals surface area (Å²) in [5.41, 5.74) is 0.354. The van der Waals surface area contributed by atoms with Gasteiger partial charge in [0.25, 0.3) is 0 Å². The van der Waals surface area contributed by atoms with Crippen LogP contribution in [-0.2, 0) is 11.2 Å². The Morgan fingerprint density at radius 1 is 1.48 bits per heavy atom. The van der Waals surface area contributed by atoms with E-state index in [2.05, 4.69) is 16.7 Å². The number of carboxylic acid groups (broad SMARTS) is 1. The molecule has 0 aliphatic carbocycles. The number of ether oxygens (including phenoxy) is 1. The van der Waals surface area contributed by atoms with E-state index >= 15 is 0 Å². The van der Waals surface area contributed by atoms with E-state index < -0.39 is 11.8 Å². The normalized spacial score (nSPS) is 10.5. The number of nitrogens with zero attached hydrogens (tertiary/aromatic N) is 2. The lowest BCUT2D eigenvalue weighted by Crippen LogP contribution is -2.02. The van der Waals surface area contributed by atoms with Gasteiger partial charge in [0.1, 0.15) is 0 Å². The maximum atomic E-state index is 14.0. The molecule has 1 aromatic heterocycles. The van der Waals surface area contributed by atoms with Gasteiger partial charge in [-0.2, -0.15) is 4.98 Å². The standard InChI is InChI=1S/C16H17FN2O4/c1-3-4-7-22-13-6-5-11(9-12(13)17)15-18-14(23-19-15)8-10(2)16(20)21/h5-6,9H,2-4,7-8H2,1H3,(H,20,21). The Balaban J connectivity index is 2.10. The fourth-order valence-corrected chi connectivity index (χ4v) is 1.79. The Kier molecular flexibility index (Phi) is 5.46. The van der Waals surface area contributed by atoms with Crippen LogP contribution < -0.4 is 4.74 Å². The van der Waals surface area contributed by atoms with E-state index in [0.717, 1.165) is 12.8 Å². The average Bonchev–Trinajstić information content (AvgIpc) is 2.97. The van der Waals surface area contributed by atoms with E-state index in [0.29, 0.717) is 12.2 Å². The first-order chi connectivity index (χ1) is 11.0. The third-order valence-electron chi connectivity index (χ3n) is 3.08. The van der Waals surface area contributed by atoms with E-state index in [1.807, 2.05) is 6.92 Å². The predicted octanol–water partition coefficient (Wildman–Crippen LogP) is 3.24. The number of aromatic nitrogens is 2. The van der Waals surface area contributed by atoms with Gasteiger partial charge in [0.05, 0.1) is 13.0 Å². The smallest absolute Gasteiger partial charge is 0.331 e. The zero-order valence-corrected chi connectivity index (χ0v) is 12.7. The minimum Gasteiger partial charge on any atom is -0.491 e. The van der Waals surface area contributed by atoms with Crippen LogP contribution in [0.25, 0.3) is 11.4 Å². The molecular weight excluding hydrogens is 303 g/mol. The van der Waals surface area contributed by atoms with Gasteiger partial charge in [-0.1, -0.05) is 25.1 Å². The Bertz CT molecular complexity index is 712. The van der Waals surface area contributed by atoms with Gasteiger partial charge in [-0.3, -0.25) is 0 Å². The first kappa shape index (κ1) is 16.7. The van der Waals surface area contributed by atoms with E-state index in [9.17, 15) is 9.18 Å². The summed E-state index contributed by atoms with van der Waals surface area (Å²) in [6, 6.07) is 4.37. The minimum atomic E-state index is -1.13. The number of hydrogen-bond donors (Lipinski definition) is 1. The maximum Gasteiger partial charge on any atom is 0.331 e. The molecule has 0 aliphatic heterocycles. The summed E-state index contributed by atoms with van der Waals surface area (Å²) in [4.78, 5) is 14.8. The van der Waals surface area contributed by atoms with Crippen molar-refractivity contribution in [2.24, 2.45) is 0 Å². The number of rotatable bonds is 8. The van der Waals surface area contributed by atoms with Crippen LogP contribution in [0.2, 0.25) is 0 Å². The second-order valence-corrected chi connectivity index (χ2v) is 4.94. The fourth-order valence-electron chi connectivity index (χ4n) is 1.79. The molecule has 0 saturated heterocycles.